The minimum atomic E-state index is -0.642. The summed E-state index contributed by atoms with van der Waals surface area (Å²) in [6, 6.07) is 0. The van der Waals surface area contributed by atoms with E-state index in [0.717, 1.165) is 17.9 Å². The fraction of sp³-hybridized carbons (Fsp3) is 0.733. The van der Waals surface area contributed by atoms with E-state index in [-0.39, 0.29) is 6.10 Å². The summed E-state index contributed by atoms with van der Waals surface area (Å²) in [6.45, 7) is 9.88. The van der Waals surface area contributed by atoms with Crippen LogP contribution in [0.3, 0.4) is 0 Å². The molecular weight excluding hydrogens is 282 g/mol. The van der Waals surface area contributed by atoms with E-state index in [4.69, 9.17) is 10.1 Å². The Balaban J connectivity index is 2.74. The molecule has 0 amide bonds. The Bertz CT molecular complexity index is 436. The predicted octanol–water partition coefficient (Wildman–Crippen LogP) is 0.428. The molecule has 0 saturated carbocycles. The van der Waals surface area contributed by atoms with E-state index in [1.54, 1.807) is 11.8 Å². The Hall–Kier alpha value is -1.28. The number of hydrogen-bond donors (Lipinski definition) is 2. The summed E-state index contributed by atoms with van der Waals surface area (Å²) in [4.78, 5) is 9.78. The molecule has 22 heavy (non-hydrogen) atoms. The molecule has 0 bridgehead atoms. The van der Waals surface area contributed by atoms with Crippen LogP contribution in [0.1, 0.15) is 13.8 Å². The van der Waals surface area contributed by atoms with Gasteiger partial charge in [0.15, 0.2) is 6.35 Å². The summed E-state index contributed by atoms with van der Waals surface area (Å²) in [7, 11) is 5.52. The predicted molar refractivity (Wildman–Crippen MR) is 89.3 cm³/mol. The minimum absolute atomic E-state index is 0.0241. The Kier molecular flexibility index (Phi) is 7.15. The first-order chi connectivity index (χ1) is 10.3. The molecule has 7 nitrogen and oxygen atoms in total. The van der Waals surface area contributed by atoms with Crippen molar-refractivity contribution in [2.24, 2.45) is 4.99 Å². The van der Waals surface area contributed by atoms with E-state index < -0.39 is 6.35 Å². The van der Waals surface area contributed by atoms with Crippen LogP contribution in [-0.2, 0) is 4.74 Å². The molecule has 1 saturated heterocycles. The molecule has 1 fully saturated rings. The topological polar surface area (TPSA) is 75.4 Å². The number of ether oxygens (including phenoxy) is 1. The molecule has 7 heteroatoms. The van der Waals surface area contributed by atoms with E-state index in [1.165, 1.54) is 0 Å². The van der Waals surface area contributed by atoms with Crippen molar-refractivity contribution in [3.05, 3.63) is 11.4 Å². The molecule has 2 N–H and O–H groups in total. The van der Waals surface area contributed by atoms with Crippen LogP contribution in [0.25, 0.3) is 0 Å². The van der Waals surface area contributed by atoms with E-state index >= 15 is 0 Å². The average Bonchev–Trinajstić information content (AvgIpc) is 2.47. The largest absolute Gasteiger partial charge is 0.373 e. The molecule has 0 aromatic heterocycles. The summed E-state index contributed by atoms with van der Waals surface area (Å²) in [5.74, 6) is 0.747. The number of hydrogen-bond acceptors (Lipinski definition) is 7. The molecule has 0 radical (unpaired) electrons. The third-order valence-corrected chi connectivity index (χ3v) is 3.83. The molecule has 1 unspecified atom stereocenters. The molecule has 0 spiro atoms. The number of aliphatic hydroxyl groups is 1. The second-order valence-electron chi connectivity index (χ2n) is 5.92. The van der Waals surface area contributed by atoms with Gasteiger partial charge in [0.1, 0.15) is 5.82 Å². The van der Waals surface area contributed by atoms with Crippen molar-refractivity contribution < 1.29 is 9.84 Å². The maximum Gasteiger partial charge on any atom is 0.164 e. The first kappa shape index (κ1) is 18.8. The van der Waals surface area contributed by atoms with Crippen molar-refractivity contribution in [3.63, 3.8) is 0 Å². The normalized spacial score (nSPS) is 21.8. The molecular formula is C15H29N5O2. The van der Waals surface area contributed by atoms with Gasteiger partial charge in [-0.2, -0.15) is 0 Å². The van der Waals surface area contributed by atoms with Crippen LogP contribution in [0.5, 0.6) is 0 Å². The van der Waals surface area contributed by atoms with Crippen molar-refractivity contribution in [1.29, 1.82) is 5.41 Å². The van der Waals surface area contributed by atoms with Gasteiger partial charge in [0.05, 0.1) is 12.7 Å². The van der Waals surface area contributed by atoms with Gasteiger partial charge < -0.3 is 20.2 Å². The molecule has 1 aliphatic rings. The summed E-state index contributed by atoms with van der Waals surface area (Å²) in [5, 5.41) is 17.8. The summed E-state index contributed by atoms with van der Waals surface area (Å²) < 4.78 is 5.79. The smallest absolute Gasteiger partial charge is 0.164 e. The second kappa shape index (κ2) is 8.38. The van der Waals surface area contributed by atoms with Crippen LogP contribution in [0, 0.1) is 5.41 Å². The van der Waals surface area contributed by atoms with Gasteiger partial charge in [-0.1, -0.05) is 0 Å². The lowest BCUT2D eigenvalue weighted by Crippen LogP contribution is -2.51. The van der Waals surface area contributed by atoms with E-state index in [1.807, 2.05) is 33.0 Å². The Labute approximate surface area is 133 Å². The lowest BCUT2D eigenvalue weighted by Gasteiger charge is -2.38. The Morgan fingerprint density at radius 1 is 1.45 bits per heavy atom. The minimum Gasteiger partial charge on any atom is -0.373 e. The van der Waals surface area contributed by atoms with Gasteiger partial charge in [-0.15, -0.1) is 0 Å². The summed E-state index contributed by atoms with van der Waals surface area (Å²) in [6.07, 6.45) is -0.666. The SMILES string of the molecule is C=N/C(=C(/C)C(C)=N)N1CCO[C@H](CN(C)C(O)N(C)C)C1. The van der Waals surface area contributed by atoms with Gasteiger partial charge >= 0.3 is 0 Å². The quantitative estimate of drug-likeness (QED) is 0.527. The molecule has 1 aliphatic heterocycles. The molecule has 1 rings (SSSR count). The Morgan fingerprint density at radius 3 is 2.59 bits per heavy atom. The highest BCUT2D eigenvalue weighted by Gasteiger charge is 2.26. The number of rotatable bonds is 7. The fourth-order valence-electron chi connectivity index (χ4n) is 2.46. The fourth-order valence-corrected chi connectivity index (χ4v) is 2.46. The first-order valence-electron chi connectivity index (χ1n) is 7.42. The van der Waals surface area contributed by atoms with Gasteiger partial charge in [0.25, 0.3) is 0 Å². The van der Waals surface area contributed by atoms with Crippen molar-refractivity contribution in [2.45, 2.75) is 26.3 Å². The highest BCUT2D eigenvalue weighted by Crippen LogP contribution is 2.17. The number of allylic oxidation sites excluding steroid dienone is 1. The van der Waals surface area contributed by atoms with Crippen LogP contribution in [0.4, 0.5) is 0 Å². The van der Waals surface area contributed by atoms with Gasteiger partial charge in [-0.05, 0) is 41.7 Å². The number of nitrogens with one attached hydrogen (secondary N) is 1. The zero-order chi connectivity index (χ0) is 16.9. The van der Waals surface area contributed by atoms with Crippen LogP contribution < -0.4 is 0 Å². The highest BCUT2D eigenvalue weighted by atomic mass is 16.5. The van der Waals surface area contributed by atoms with Crippen LogP contribution >= 0.6 is 0 Å². The zero-order valence-corrected chi connectivity index (χ0v) is 14.3. The molecule has 0 aromatic carbocycles. The number of likely N-dealkylation sites (N-methyl/N-ethyl adjacent to an activating group) is 1. The molecule has 2 atom stereocenters. The summed E-state index contributed by atoms with van der Waals surface area (Å²) in [5.41, 5.74) is 1.32. The standard InChI is InChI=1S/C15H29N5O2/c1-11(12(2)16)14(17-3)20-7-8-22-13(10-20)9-19(6)15(21)18(4)5/h13,15-16,21H,3,7-10H2,1-2,4-6H3/b14-11+,16-12?/t13-,15?/m1/s1. The zero-order valence-electron chi connectivity index (χ0n) is 14.3. The summed E-state index contributed by atoms with van der Waals surface area (Å²) >= 11 is 0. The number of morpholine rings is 1. The monoisotopic (exact) mass is 311 g/mol. The first-order valence-corrected chi connectivity index (χ1v) is 7.42. The van der Waals surface area contributed by atoms with Crippen molar-refractivity contribution >= 4 is 12.4 Å². The third-order valence-electron chi connectivity index (χ3n) is 3.83. The lowest BCUT2D eigenvalue weighted by atomic mass is 10.1. The maximum absolute atomic E-state index is 10.0. The average molecular weight is 311 g/mol. The van der Waals surface area contributed by atoms with Gasteiger partial charge in [-0.3, -0.25) is 9.80 Å². The van der Waals surface area contributed by atoms with Gasteiger partial charge in [0, 0.05) is 30.9 Å². The third kappa shape index (κ3) is 4.88. The molecule has 1 heterocycles. The van der Waals surface area contributed by atoms with Crippen LogP contribution in [0.15, 0.2) is 16.4 Å². The maximum atomic E-state index is 10.0. The van der Waals surface area contributed by atoms with Crippen molar-refractivity contribution in [2.75, 3.05) is 47.4 Å². The van der Waals surface area contributed by atoms with Gasteiger partial charge in [-0.25, -0.2) is 4.99 Å². The van der Waals surface area contributed by atoms with Gasteiger partial charge in [0.2, 0.25) is 0 Å². The van der Waals surface area contributed by atoms with Crippen LogP contribution in [0.2, 0.25) is 0 Å². The molecule has 126 valence electrons. The Morgan fingerprint density at radius 2 is 2.09 bits per heavy atom. The van der Waals surface area contributed by atoms with E-state index in [0.29, 0.717) is 25.4 Å². The van der Waals surface area contributed by atoms with Crippen LogP contribution in [-0.4, -0.2) is 92.1 Å². The molecule has 0 aliphatic carbocycles. The number of aliphatic hydroxyl groups excluding tert-OH is 1. The number of nitrogens with zero attached hydrogens (tertiary/aromatic N) is 4. The van der Waals surface area contributed by atoms with Crippen molar-refractivity contribution in [1.82, 2.24) is 14.7 Å². The van der Waals surface area contributed by atoms with Crippen molar-refractivity contribution in [3.8, 4) is 0 Å². The second-order valence-corrected chi connectivity index (χ2v) is 5.92. The van der Waals surface area contributed by atoms with E-state index in [9.17, 15) is 5.11 Å². The molecule has 0 aromatic rings. The lowest BCUT2D eigenvalue weighted by molar-refractivity contribution is -0.108. The highest BCUT2D eigenvalue weighted by molar-refractivity contribution is 5.95. The van der Waals surface area contributed by atoms with E-state index in [2.05, 4.69) is 16.6 Å². The number of aliphatic imine (C=N–C) groups is 1.